The van der Waals surface area contributed by atoms with E-state index in [1.165, 1.54) is 16.4 Å². The van der Waals surface area contributed by atoms with Crippen molar-refractivity contribution >= 4 is 38.6 Å². The molecule has 2 aliphatic rings. The predicted molar refractivity (Wildman–Crippen MR) is 123 cm³/mol. The molecule has 12 heteroatoms. The van der Waals surface area contributed by atoms with Gasteiger partial charge in [0.1, 0.15) is 5.75 Å². The van der Waals surface area contributed by atoms with Gasteiger partial charge in [-0.25, -0.2) is 13.2 Å². The molecule has 3 heterocycles. The van der Waals surface area contributed by atoms with Gasteiger partial charge >= 0.3 is 5.69 Å². The summed E-state index contributed by atoms with van der Waals surface area (Å²) in [5, 5.41) is 2.80. The number of H-pyrrole nitrogens is 2. The van der Waals surface area contributed by atoms with Gasteiger partial charge in [-0.05, 0) is 48.4 Å². The lowest BCUT2D eigenvalue weighted by atomic mass is 10.0. The van der Waals surface area contributed by atoms with E-state index in [1.54, 1.807) is 23.1 Å². The van der Waals surface area contributed by atoms with Crippen LogP contribution in [0.25, 0.3) is 11.0 Å². The average molecular weight is 486 g/mol. The number of fused-ring (bicyclic) bond motifs is 2. The quantitative estimate of drug-likeness (QED) is 0.484. The van der Waals surface area contributed by atoms with E-state index in [0.717, 1.165) is 11.3 Å². The normalized spacial score (nSPS) is 16.8. The Morgan fingerprint density at radius 2 is 1.71 bits per heavy atom. The maximum Gasteiger partial charge on any atom is 0.323 e. The molecule has 0 aliphatic carbocycles. The van der Waals surface area contributed by atoms with Gasteiger partial charge < -0.3 is 24.9 Å². The van der Waals surface area contributed by atoms with Gasteiger partial charge in [-0.2, -0.15) is 4.31 Å². The summed E-state index contributed by atoms with van der Waals surface area (Å²) in [6.45, 7) is 0.666. The maximum atomic E-state index is 13.0. The minimum absolute atomic E-state index is 0.0162. The molecule has 1 fully saturated rings. The number of imidazole rings is 1. The molecule has 0 radical (unpaired) electrons. The first-order chi connectivity index (χ1) is 16.3. The number of amides is 2. The van der Waals surface area contributed by atoms with Crippen molar-refractivity contribution in [1.29, 1.82) is 0 Å². The van der Waals surface area contributed by atoms with Crippen LogP contribution in [0, 0.1) is 0 Å². The van der Waals surface area contributed by atoms with Gasteiger partial charge in [-0.15, -0.1) is 0 Å². The summed E-state index contributed by atoms with van der Waals surface area (Å²) in [6.07, 6.45) is 1.04. The number of rotatable bonds is 5. The second kappa shape index (κ2) is 8.61. The van der Waals surface area contributed by atoms with E-state index in [0.29, 0.717) is 29.6 Å². The minimum Gasteiger partial charge on any atom is -0.484 e. The number of ether oxygens (including phenoxy) is 1. The number of aromatic nitrogens is 2. The second-order valence-electron chi connectivity index (χ2n) is 8.23. The average Bonchev–Trinajstić information content (AvgIpc) is 3.21. The SMILES string of the molecule is O=C1CCc2cc(OCC(=O)N3CCN(S(=O)(=O)c4ccc5[nH]c(=O)[nH]c5c4)CC3)ccc2N1. The number of aryl methyl sites for hydroxylation is 1. The van der Waals surface area contributed by atoms with Crippen LogP contribution >= 0.6 is 0 Å². The van der Waals surface area contributed by atoms with Crippen molar-refractivity contribution in [3.63, 3.8) is 0 Å². The van der Waals surface area contributed by atoms with Crippen molar-refractivity contribution in [2.75, 3.05) is 38.1 Å². The van der Waals surface area contributed by atoms with E-state index >= 15 is 0 Å². The summed E-state index contributed by atoms with van der Waals surface area (Å²) in [7, 11) is -3.76. The van der Waals surface area contributed by atoms with Crippen LogP contribution < -0.4 is 15.7 Å². The molecule has 2 aromatic carbocycles. The fraction of sp³-hybridized carbons (Fsp3) is 0.318. The third kappa shape index (κ3) is 4.29. The Balaban J connectivity index is 1.18. The van der Waals surface area contributed by atoms with Crippen LogP contribution in [0.4, 0.5) is 5.69 Å². The van der Waals surface area contributed by atoms with Crippen molar-refractivity contribution in [1.82, 2.24) is 19.2 Å². The second-order valence-corrected chi connectivity index (χ2v) is 10.2. The first-order valence-corrected chi connectivity index (χ1v) is 12.3. The van der Waals surface area contributed by atoms with Crippen LogP contribution in [0.1, 0.15) is 12.0 Å². The summed E-state index contributed by atoms with van der Waals surface area (Å²) in [4.78, 5) is 42.3. The molecule has 5 rings (SSSR count). The number of piperazine rings is 1. The van der Waals surface area contributed by atoms with Crippen LogP contribution in [-0.2, 0) is 26.0 Å². The number of benzene rings is 2. The van der Waals surface area contributed by atoms with Gasteiger partial charge in [0, 0.05) is 38.3 Å². The zero-order valence-corrected chi connectivity index (χ0v) is 19.0. The van der Waals surface area contributed by atoms with Crippen LogP contribution in [0.5, 0.6) is 5.75 Å². The highest BCUT2D eigenvalue weighted by atomic mass is 32.2. The fourth-order valence-electron chi connectivity index (χ4n) is 4.18. The summed E-state index contributed by atoms with van der Waals surface area (Å²) < 4.78 is 33.1. The molecule has 0 atom stereocenters. The van der Waals surface area contributed by atoms with E-state index in [9.17, 15) is 22.8 Å². The van der Waals surface area contributed by atoms with Gasteiger partial charge in [0.25, 0.3) is 5.91 Å². The highest BCUT2D eigenvalue weighted by Gasteiger charge is 2.30. The van der Waals surface area contributed by atoms with Gasteiger partial charge in [-0.3, -0.25) is 9.59 Å². The highest BCUT2D eigenvalue weighted by molar-refractivity contribution is 7.89. The summed E-state index contributed by atoms with van der Waals surface area (Å²) >= 11 is 0. The molecule has 0 saturated carbocycles. The predicted octanol–water partition coefficient (Wildman–Crippen LogP) is 0.653. The number of hydrogen-bond donors (Lipinski definition) is 3. The summed E-state index contributed by atoms with van der Waals surface area (Å²) in [5.41, 5.74) is 2.27. The lowest BCUT2D eigenvalue weighted by Gasteiger charge is -2.34. The number of anilines is 1. The Morgan fingerprint density at radius 3 is 2.50 bits per heavy atom. The molecule has 1 aromatic heterocycles. The highest BCUT2D eigenvalue weighted by Crippen LogP contribution is 2.27. The first kappa shape index (κ1) is 22.2. The lowest BCUT2D eigenvalue weighted by molar-refractivity contribution is -0.134. The molecule has 2 aliphatic heterocycles. The summed E-state index contributed by atoms with van der Waals surface area (Å²) in [6, 6.07) is 9.72. The first-order valence-electron chi connectivity index (χ1n) is 10.9. The minimum atomic E-state index is -3.76. The Labute approximate surface area is 194 Å². The monoisotopic (exact) mass is 485 g/mol. The molecule has 1 saturated heterocycles. The number of carbonyl (C=O) groups excluding carboxylic acids is 2. The molecule has 34 heavy (non-hydrogen) atoms. The third-order valence-corrected chi connectivity index (χ3v) is 7.95. The maximum absolute atomic E-state index is 13.0. The van der Waals surface area contributed by atoms with Crippen molar-refractivity contribution in [2.45, 2.75) is 17.7 Å². The van der Waals surface area contributed by atoms with Crippen LogP contribution in [0.2, 0.25) is 0 Å². The van der Waals surface area contributed by atoms with E-state index in [1.807, 2.05) is 6.07 Å². The van der Waals surface area contributed by atoms with Gasteiger partial charge in [0.2, 0.25) is 15.9 Å². The Morgan fingerprint density at radius 1 is 0.941 bits per heavy atom. The molecule has 11 nitrogen and oxygen atoms in total. The Bertz CT molecular complexity index is 1440. The number of nitrogens with one attached hydrogen (secondary N) is 3. The number of carbonyl (C=O) groups is 2. The van der Waals surface area contributed by atoms with E-state index in [-0.39, 0.29) is 49.5 Å². The standard InChI is InChI=1S/C22H23N5O6S/c28-20-6-1-14-11-15(2-4-17(14)23-20)33-13-21(29)26-7-9-27(10-8-26)34(31,32)16-3-5-18-19(12-16)25-22(30)24-18/h2-5,11-12H,1,6-10,13H2,(H,23,28)(H2,24,25,30). The van der Waals surface area contributed by atoms with Gasteiger partial charge in [0.05, 0.1) is 15.9 Å². The third-order valence-electron chi connectivity index (χ3n) is 6.05. The smallest absolute Gasteiger partial charge is 0.323 e. The fourth-order valence-corrected chi connectivity index (χ4v) is 5.63. The Kier molecular flexibility index (Phi) is 5.62. The van der Waals surface area contributed by atoms with Gasteiger partial charge in [0.15, 0.2) is 6.61 Å². The summed E-state index contributed by atoms with van der Waals surface area (Å²) in [5.74, 6) is 0.300. The van der Waals surface area contributed by atoms with Gasteiger partial charge in [-0.1, -0.05) is 0 Å². The van der Waals surface area contributed by atoms with Crippen LogP contribution in [-0.4, -0.2) is 72.2 Å². The molecule has 3 N–H and O–H groups in total. The molecule has 178 valence electrons. The largest absolute Gasteiger partial charge is 0.484 e. The molecule has 3 aromatic rings. The number of hydrogen-bond acceptors (Lipinski definition) is 6. The molecule has 0 bridgehead atoms. The lowest BCUT2D eigenvalue weighted by Crippen LogP contribution is -2.51. The van der Waals surface area contributed by atoms with Crippen molar-refractivity contribution in [3.8, 4) is 5.75 Å². The zero-order valence-electron chi connectivity index (χ0n) is 18.2. The van der Waals surface area contributed by atoms with E-state index in [4.69, 9.17) is 4.74 Å². The van der Waals surface area contributed by atoms with Crippen LogP contribution in [0.3, 0.4) is 0 Å². The topological polar surface area (TPSA) is 145 Å². The van der Waals surface area contributed by atoms with Crippen molar-refractivity contribution in [2.24, 2.45) is 0 Å². The van der Waals surface area contributed by atoms with Crippen molar-refractivity contribution < 1.29 is 22.7 Å². The molecule has 0 unspecified atom stereocenters. The number of sulfonamides is 1. The van der Waals surface area contributed by atoms with Crippen molar-refractivity contribution in [3.05, 3.63) is 52.4 Å². The van der Waals surface area contributed by atoms with E-state index in [2.05, 4.69) is 15.3 Å². The Hall–Kier alpha value is -3.64. The molecule has 0 spiro atoms. The molecular formula is C22H23N5O6S. The van der Waals surface area contributed by atoms with Crippen LogP contribution in [0.15, 0.2) is 46.1 Å². The zero-order chi connectivity index (χ0) is 23.9. The number of aromatic amines is 2. The number of nitrogens with zero attached hydrogens (tertiary/aromatic N) is 2. The molecular weight excluding hydrogens is 462 g/mol. The van der Waals surface area contributed by atoms with E-state index < -0.39 is 15.7 Å². The molecule has 2 amide bonds.